The van der Waals surface area contributed by atoms with Gasteiger partial charge in [-0.3, -0.25) is 9.59 Å². The summed E-state index contributed by atoms with van der Waals surface area (Å²) < 4.78 is 0. The molecule has 0 spiro atoms. The first-order chi connectivity index (χ1) is 17.3. The highest BCUT2D eigenvalue weighted by molar-refractivity contribution is 6.06. The smallest absolute Gasteiger partial charge is 0.249 e. The molecule has 1 unspecified atom stereocenters. The average molecular weight is 485 g/mol. The Hall–Kier alpha value is -3.91. The monoisotopic (exact) mass is 484 g/mol. The predicted molar refractivity (Wildman–Crippen MR) is 143 cm³/mol. The van der Waals surface area contributed by atoms with Crippen molar-refractivity contribution < 1.29 is 9.59 Å². The van der Waals surface area contributed by atoms with E-state index in [-0.39, 0.29) is 11.8 Å². The fourth-order valence-corrected chi connectivity index (χ4v) is 5.34. The van der Waals surface area contributed by atoms with Gasteiger partial charge in [-0.05, 0) is 87.8 Å². The second-order valence-corrected chi connectivity index (χ2v) is 9.65. The van der Waals surface area contributed by atoms with E-state index >= 15 is 0 Å². The van der Waals surface area contributed by atoms with Gasteiger partial charge in [0.1, 0.15) is 11.9 Å². The minimum Gasteiger partial charge on any atom is -0.366 e. The van der Waals surface area contributed by atoms with E-state index in [1.54, 1.807) is 18.0 Å². The Labute approximate surface area is 211 Å². The molecule has 186 valence electrons. The molecule has 36 heavy (non-hydrogen) atoms. The summed E-state index contributed by atoms with van der Waals surface area (Å²) in [5.74, 6) is 1.16. The minimum absolute atomic E-state index is 0.00701. The van der Waals surface area contributed by atoms with Gasteiger partial charge in [0.15, 0.2) is 5.82 Å². The number of carbonyl (C=O) groups excluding carboxylic acids is 2. The highest BCUT2D eigenvalue weighted by atomic mass is 16.2. The zero-order chi connectivity index (χ0) is 25.4. The summed E-state index contributed by atoms with van der Waals surface area (Å²) in [4.78, 5) is 36.2. The lowest BCUT2D eigenvalue weighted by Crippen LogP contribution is -2.49. The number of benzene rings is 2. The van der Waals surface area contributed by atoms with Crippen molar-refractivity contribution in [1.82, 2.24) is 9.88 Å². The van der Waals surface area contributed by atoms with Crippen LogP contribution in [0.3, 0.4) is 0 Å². The highest BCUT2D eigenvalue weighted by Gasteiger charge is 2.36. The van der Waals surface area contributed by atoms with Gasteiger partial charge >= 0.3 is 0 Å². The van der Waals surface area contributed by atoms with Gasteiger partial charge in [-0.2, -0.15) is 0 Å². The van der Waals surface area contributed by atoms with Crippen LogP contribution in [-0.4, -0.2) is 54.9 Å². The SMILES string of the molecule is CC1C(=O)N(C)c2ccc(Nc3cccc(C(N)=O)c3C3CCN(C)CC3)nc2N1c1ccccc1. The standard InChI is InChI=1S/C28H32N6O2/c1-18-28(36)33(3)23-12-13-24(31-27(23)34(18)20-8-5-4-6-9-20)30-22-11-7-10-21(26(29)35)25(22)19-14-16-32(2)17-15-19/h4-13,18-19H,14-17H2,1-3H3,(H2,29,35)(H,30,31). The number of rotatable bonds is 5. The van der Waals surface area contributed by atoms with Crippen molar-refractivity contribution in [3.05, 3.63) is 71.8 Å². The summed E-state index contributed by atoms with van der Waals surface area (Å²) in [7, 11) is 3.90. The van der Waals surface area contributed by atoms with E-state index in [0.717, 1.165) is 48.6 Å². The van der Waals surface area contributed by atoms with Gasteiger partial charge in [0, 0.05) is 24.0 Å². The van der Waals surface area contributed by atoms with Crippen LogP contribution in [0.25, 0.3) is 0 Å². The van der Waals surface area contributed by atoms with Gasteiger partial charge in [-0.15, -0.1) is 0 Å². The third-order valence-electron chi connectivity index (χ3n) is 7.31. The molecule has 0 aliphatic carbocycles. The van der Waals surface area contributed by atoms with Gasteiger partial charge in [0.25, 0.3) is 0 Å². The number of anilines is 5. The Bertz CT molecular complexity index is 1290. The fraction of sp³-hybridized carbons (Fsp3) is 0.321. The number of nitrogens with zero attached hydrogens (tertiary/aromatic N) is 4. The number of carbonyl (C=O) groups is 2. The van der Waals surface area contributed by atoms with Crippen LogP contribution in [0.5, 0.6) is 0 Å². The number of hydrogen-bond acceptors (Lipinski definition) is 6. The van der Waals surface area contributed by atoms with Crippen LogP contribution in [0.2, 0.25) is 0 Å². The number of pyridine rings is 1. The van der Waals surface area contributed by atoms with E-state index in [1.807, 2.05) is 66.4 Å². The van der Waals surface area contributed by atoms with E-state index in [4.69, 9.17) is 10.7 Å². The van der Waals surface area contributed by atoms with Crippen molar-refractivity contribution in [3.63, 3.8) is 0 Å². The summed E-state index contributed by atoms with van der Waals surface area (Å²) >= 11 is 0. The molecule has 0 bridgehead atoms. The Balaban J connectivity index is 1.56. The molecule has 8 nitrogen and oxygen atoms in total. The number of likely N-dealkylation sites (N-methyl/N-ethyl adjacent to an activating group) is 1. The van der Waals surface area contributed by atoms with E-state index in [2.05, 4.69) is 17.3 Å². The lowest BCUT2D eigenvalue weighted by molar-refractivity contribution is -0.119. The van der Waals surface area contributed by atoms with Crippen LogP contribution in [0.4, 0.5) is 28.7 Å². The molecule has 0 saturated carbocycles. The van der Waals surface area contributed by atoms with E-state index in [0.29, 0.717) is 17.2 Å². The molecule has 1 fully saturated rings. The van der Waals surface area contributed by atoms with Crippen LogP contribution < -0.4 is 20.9 Å². The number of nitrogens with two attached hydrogens (primary N) is 1. The maximum atomic E-state index is 13.0. The van der Waals surface area contributed by atoms with Crippen molar-refractivity contribution >= 4 is 40.5 Å². The number of para-hydroxylation sites is 1. The number of hydrogen-bond donors (Lipinski definition) is 2. The highest BCUT2D eigenvalue weighted by Crippen LogP contribution is 2.41. The molecule has 3 N–H and O–H groups in total. The molecule has 3 aromatic rings. The predicted octanol–water partition coefficient (Wildman–Crippen LogP) is 4.24. The van der Waals surface area contributed by atoms with E-state index in [1.165, 1.54) is 0 Å². The average Bonchev–Trinajstić information content (AvgIpc) is 2.88. The van der Waals surface area contributed by atoms with Gasteiger partial charge < -0.3 is 25.8 Å². The lowest BCUT2D eigenvalue weighted by Gasteiger charge is -2.39. The molecule has 2 aliphatic heterocycles. The van der Waals surface area contributed by atoms with Crippen molar-refractivity contribution in [2.45, 2.75) is 31.7 Å². The normalized spacial score (nSPS) is 18.8. The van der Waals surface area contributed by atoms with Crippen LogP contribution in [0.1, 0.15) is 41.6 Å². The minimum atomic E-state index is -0.421. The van der Waals surface area contributed by atoms with Gasteiger partial charge in [0.05, 0.1) is 5.69 Å². The third-order valence-corrected chi connectivity index (χ3v) is 7.31. The first kappa shape index (κ1) is 23.8. The van der Waals surface area contributed by atoms with Crippen LogP contribution in [-0.2, 0) is 4.79 Å². The quantitative estimate of drug-likeness (QED) is 0.563. The number of piperidine rings is 1. The summed E-state index contributed by atoms with van der Waals surface area (Å²) in [6, 6.07) is 18.8. The number of fused-ring (bicyclic) bond motifs is 1. The second-order valence-electron chi connectivity index (χ2n) is 9.65. The largest absolute Gasteiger partial charge is 0.366 e. The Kier molecular flexibility index (Phi) is 6.36. The van der Waals surface area contributed by atoms with Crippen molar-refractivity contribution in [3.8, 4) is 0 Å². The number of primary amides is 1. The zero-order valence-electron chi connectivity index (χ0n) is 20.9. The molecular formula is C28H32N6O2. The third kappa shape index (κ3) is 4.28. The molecule has 5 rings (SSSR count). The fourth-order valence-electron chi connectivity index (χ4n) is 5.34. The topological polar surface area (TPSA) is 94.8 Å². The van der Waals surface area contributed by atoms with Crippen LogP contribution in [0, 0.1) is 0 Å². The molecule has 2 aliphatic rings. The molecule has 3 heterocycles. The molecule has 1 saturated heterocycles. The maximum absolute atomic E-state index is 13.0. The summed E-state index contributed by atoms with van der Waals surface area (Å²) in [5, 5.41) is 3.48. The zero-order valence-corrected chi connectivity index (χ0v) is 20.9. The first-order valence-electron chi connectivity index (χ1n) is 12.4. The molecule has 2 amide bonds. The number of amides is 2. The van der Waals surface area contributed by atoms with Crippen molar-refractivity contribution in [2.75, 3.05) is 42.3 Å². The summed E-state index contributed by atoms with van der Waals surface area (Å²) in [6.07, 6.45) is 1.92. The number of aromatic nitrogens is 1. The Morgan fingerprint density at radius 3 is 2.42 bits per heavy atom. The molecule has 0 radical (unpaired) electrons. The van der Waals surface area contributed by atoms with Gasteiger partial charge in [-0.25, -0.2) is 4.98 Å². The number of likely N-dealkylation sites (tertiary alicyclic amines) is 1. The molecule has 1 atom stereocenters. The summed E-state index contributed by atoms with van der Waals surface area (Å²) in [6.45, 7) is 3.84. The molecule has 1 aromatic heterocycles. The Morgan fingerprint density at radius 1 is 1.00 bits per heavy atom. The molecular weight excluding hydrogens is 452 g/mol. The summed E-state index contributed by atoms with van der Waals surface area (Å²) in [5.41, 5.74) is 9.79. The van der Waals surface area contributed by atoms with Crippen molar-refractivity contribution in [2.24, 2.45) is 5.73 Å². The van der Waals surface area contributed by atoms with Crippen LogP contribution >= 0.6 is 0 Å². The van der Waals surface area contributed by atoms with Crippen LogP contribution in [0.15, 0.2) is 60.7 Å². The number of nitrogens with one attached hydrogen (secondary N) is 1. The molecule has 8 heteroatoms. The first-order valence-corrected chi connectivity index (χ1v) is 12.4. The van der Waals surface area contributed by atoms with Gasteiger partial charge in [0.2, 0.25) is 11.8 Å². The van der Waals surface area contributed by atoms with Gasteiger partial charge in [-0.1, -0.05) is 24.3 Å². The Morgan fingerprint density at radius 2 is 1.72 bits per heavy atom. The molecule has 2 aromatic carbocycles. The maximum Gasteiger partial charge on any atom is 0.249 e. The second kappa shape index (κ2) is 9.62. The van der Waals surface area contributed by atoms with Crippen molar-refractivity contribution in [1.29, 1.82) is 0 Å². The van der Waals surface area contributed by atoms with E-state index < -0.39 is 11.9 Å². The van der Waals surface area contributed by atoms with E-state index in [9.17, 15) is 9.59 Å². The lowest BCUT2D eigenvalue weighted by atomic mass is 9.85.